The Labute approximate surface area is 324 Å². The molecule has 0 fully saturated rings. The first-order valence-corrected chi connectivity index (χ1v) is 17.4. The molecule has 6 rings (SSSR count). The number of halogens is 3. The number of hydrogen-bond donors (Lipinski definition) is 0. The molecule has 3 heterocycles. The average molecular weight is 765 g/mol. The second-order valence-corrected chi connectivity index (χ2v) is 15.0. The minimum absolute atomic E-state index is 0. The number of aromatic nitrogens is 6. The Morgan fingerprint density at radius 3 is 1.75 bits per heavy atom. The first-order valence-electron chi connectivity index (χ1n) is 17.4. The van der Waals surface area contributed by atoms with Gasteiger partial charge in [0.25, 0.3) is 0 Å². The van der Waals surface area contributed by atoms with Crippen molar-refractivity contribution < 1.29 is 22.3 Å². The summed E-state index contributed by atoms with van der Waals surface area (Å²) in [5.74, 6) is -1.94. The van der Waals surface area contributed by atoms with E-state index in [-0.39, 0.29) is 55.1 Å². The van der Waals surface area contributed by atoms with Crippen molar-refractivity contribution in [2.45, 2.75) is 121 Å². The lowest BCUT2D eigenvalue weighted by molar-refractivity contribution is -0.0159. The number of fused-ring (bicyclic) bond motifs is 1. The molecule has 9 nitrogen and oxygen atoms in total. The van der Waals surface area contributed by atoms with Gasteiger partial charge in [0.05, 0.1) is 41.2 Å². The molecule has 0 amide bonds. The molecule has 0 N–H and O–H groups in total. The van der Waals surface area contributed by atoms with E-state index in [2.05, 4.69) is 20.6 Å². The topological polar surface area (TPSA) is 101 Å². The monoisotopic (exact) mass is 764 g/mol. The maximum atomic E-state index is 13.3. The highest BCUT2D eigenvalue weighted by Gasteiger charge is 2.18. The molecule has 0 atom stereocenters. The maximum Gasteiger partial charge on any atom is 0.341 e. The molecule has 0 unspecified atom stereocenters. The summed E-state index contributed by atoms with van der Waals surface area (Å²) in [7, 11) is 0. The van der Waals surface area contributed by atoms with Gasteiger partial charge < -0.3 is 9.15 Å². The Kier molecular flexibility index (Phi) is 17.4. The van der Waals surface area contributed by atoms with Crippen LogP contribution in [0.2, 0.25) is 0 Å². The van der Waals surface area contributed by atoms with Crippen LogP contribution in [-0.2, 0) is 22.4 Å². The van der Waals surface area contributed by atoms with Crippen LogP contribution in [0, 0.1) is 24.4 Å². The summed E-state index contributed by atoms with van der Waals surface area (Å²) in [6, 6.07) is 18.3. The van der Waals surface area contributed by atoms with Crippen LogP contribution in [0.15, 0.2) is 88.3 Å². The van der Waals surface area contributed by atoms with E-state index >= 15 is 0 Å². The number of benzene rings is 3. The summed E-state index contributed by atoms with van der Waals surface area (Å²) in [6.45, 7) is 23.7. The Bertz CT molecular complexity index is 2130. The fourth-order valence-corrected chi connectivity index (χ4v) is 4.47. The highest BCUT2D eigenvalue weighted by molar-refractivity contribution is 5.76. The molecule has 300 valence electrons. The summed E-state index contributed by atoms with van der Waals surface area (Å²) in [6.07, 6.45) is 3.56. The number of aryl methyl sites for hydroxylation is 1. The lowest BCUT2D eigenvalue weighted by Gasteiger charge is -2.19. The normalized spacial score (nSPS) is 11.1. The van der Waals surface area contributed by atoms with Crippen molar-refractivity contribution in [3.05, 3.63) is 118 Å². The zero-order valence-electron chi connectivity index (χ0n) is 32.8. The van der Waals surface area contributed by atoms with Gasteiger partial charge in [-0.1, -0.05) is 69.5 Å². The molecule has 0 saturated heterocycles. The van der Waals surface area contributed by atoms with Crippen LogP contribution in [0.1, 0.15) is 102 Å². The molecule has 0 saturated carbocycles. The predicted molar refractivity (Wildman–Crippen MR) is 217 cm³/mol. The maximum absolute atomic E-state index is 13.3. The smallest absolute Gasteiger partial charge is 0.341 e. The third-order valence-corrected chi connectivity index (χ3v) is 7.36. The first-order chi connectivity index (χ1) is 24.7. The van der Waals surface area contributed by atoms with Crippen molar-refractivity contribution >= 4 is 11.0 Å². The van der Waals surface area contributed by atoms with E-state index in [4.69, 9.17) is 9.15 Å². The summed E-state index contributed by atoms with van der Waals surface area (Å²) in [5.41, 5.74) is 3.02. The van der Waals surface area contributed by atoms with Crippen molar-refractivity contribution in [1.29, 1.82) is 0 Å². The minimum atomic E-state index is -0.865. The summed E-state index contributed by atoms with van der Waals surface area (Å²) < 4.78 is 53.9. The molecule has 55 heavy (non-hydrogen) atoms. The lowest BCUT2D eigenvalue weighted by Crippen LogP contribution is -2.22. The molecular formula is C43H59F3N6O3. The van der Waals surface area contributed by atoms with Crippen LogP contribution in [0.5, 0.6) is 0 Å². The van der Waals surface area contributed by atoms with Crippen LogP contribution in [0.3, 0.4) is 0 Å². The molecule has 3 aromatic carbocycles. The van der Waals surface area contributed by atoms with Crippen molar-refractivity contribution in [3.63, 3.8) is 0 Å². The zero-order chi connectivity index (χ0) is 39.7. The Morgan fingerprint density at radius 2 is 1.25 bits per heavy atom. The van der Waals surface area contributed by atoms with E-state index in [1.807, 2.05) is 113 Å². The Balaban J connectivity index is 0.000000397. The van der Waals surface area contributed by atoms with Crippen molar-refractivity contribution in [3.8, 4) is 22.5 Å². The van der Waals surface area contributed by atoms with Gasteiger partial charge in [0, 0.05) is 16.5 Å². The quantitative estimate of drug-likeness (QED) is 0.165. The summed E-state index contributed by atoms with van der Waals surface area (Å²) in [5, 5.41) is 17.0. The molecule has 3 aromatic heterocycles. The van der Waals surface area contributed by atoms with Crippen LogP contribution in [0.25, 0.3) is 33.5 Å². The molecular weight excluding hydrogens is 706 g/mol. The average Bonchev–Trinajstić information content (AvgIpc) is 3.79. The third-order valence-electron chi connectivity index (χ3n) is 7.36. The minimum Gasteiger partial charge on any atom is -0.422 e. The predicted octanol–water partition coefficient (Wildman–Crippen LogP) is 11.5. The van der Waals surface area contributed by atoms with Crippen molar-refractivity contribution in [1.82, 2.24) is 30.0 Å². The van der Waals surface area contributed by atoms with Crippen LogP contribution >= 0.6 is 0 Å². The summed E-state index contributed by atoms with van der Waals surface area (Å²) >= 11 is 0. The number of nitrogens with zero attached hydrogens (tertiary/aromatic N) is 6. The van der Waals surface area contributed by atoms with Crippen LogP contribution in [0.4, 0.5) is 13.2 Å². The van der Waals surface area contributed by atoms with E-state index in [0.29, 0.717) is 28.1 Å². The van der Waals surface area contributed by atoms with E-state index in [9.17, 15) is 18.0 Å². The second-order valence-electron chi connectivity index (χ2n) is 15.0. The first kappa shape index (κ1) is 47.9. The Hall–Kier alpha value is -5.10. The van der Waals surface area contributed by atoms with Gasteiger partial charge in [-0.15, -0.1) is 10.2 Å². The molecule has 0 spiro atoms. The zero-order valence-corrected chi connectivity index (χ0v) is 32.8. The van der Waals surface area contributed by atoms with Gasteiger partial charge in [0.15, 0.2) is 11.6 Å². The van der Waals surface area contributed by atoms with Crippen molar-refractivity contribution in [2.75, 3.05) is 0 Å². The Morgan fingerprint density at radius 1 is 0.709 bits per heavy atom. The standard InChI is InChI=1S/C14H16O3.C13H15F2N3.C12H14FN3.C2H6.2CH4/c1-14(2,3)16-9-11-8-10-6-4-5-7-12(10)17-13(11)15;1-8-5-9(6-10(14)12(8)15)11-7-18(17-16-11)13(2,3)4;1-12(2,3)16-8-11(14-15-16)9-5-4-6-10(13)7-9;1-2;;/h4-8H,9H2,1-3H3;5-7H,1-4H3;4-8H,1-3H3;1-2H3;2*1H4. The van der Waals surface area contributed by atoms with Crippen LogP contribution in [-0.4, -0.2) is 35.6 Å². The second kappa shape index (κ2) is 20.0. The van der Waals surface area contributed by atoms with E-state index in [1.54, 1.807) is 33.8 Å². The largest absolute Gasteiger partial charge is 0.422 e. The van der Waals surface area contributed by atoms with E-state index in [0.717, 1.165) is 17.0 Å². The van der Waals surface area contributed by atoms with Gasteiger partial charge in [-0.05, 0) is 111 Å². The van der Waals surface area contributed by atoms with Crippen molar-refractivity contribution in [2.24, 2.45) is 0 Å². The highest BCUT2D eigenvalue weighted by atomic mass is 19.2. The van der Waals surface area contributed by atoms with E-state index < -0.39 is 11.6 Å². The van der Waals surface area contributed by atoms with Gasteiger partial charge in [-0.25, -0.2) is 27.3 Å². The molecule has 0 aliphatic carbocycles. The molecule has 12 heteroatoms. The molecule has 0 aliphatic heterocycles. The van der Waals surface area contributed by atoms with E-state index in [1.165, 1.54) is 19.1 Å². The number of hydrogen-bond acceptors (Lipinski definition) is 7. The van der Waals surface area contributed by atoms with Gasteiger partial charge >= 0.3 is 5.63 Å². The van der Waals surface area contributed by atoms with Gasteiger partial charge in [-0.2, -0.15) is 0 Å². The molecule has 0 aliphatic rings. The summed E-state index contributed by atoms with van der Waals surface area (Å²) in [4.78, 5) is 11.7. The van der Waals surface area contributed by atoms with Gasteiger partial charge in [0.2, 0.25) is 0 Å². The van der Waals surface area contributed by atoms with Gasteiger partial charge in [-0.3, -0.25) is 0 Å². The third kappa shape index (κ3) is 13.9. The lowest BCUT2D eigenvalue weighted by atomic mass is 10.1. The van der Waals surface area contributed by atoms with Crippen LogP contribution < -0.4 is 5.63 Å². The fraction of sp³-hybridized carbons (Fsp3) is 0.419. The fourth-order valence-electron chi connectivity index (χ4n) is 4.47. The van der Waals surface area contributed by atoms with Gasteiger partial charge in [0.1, 0.15) is 22.8 Å². The number of para-hydroxylation sites is 1. The SMILES string of the molecule is C.C.CC.CC(C)(C)OCc1cc2ccccc2oc1=O.CC(C)(C)n1cc(-c2cccc(F)c2)nn1.Cc1cc(-c2cn(C(C)(C)C)nn2)cc(F)c1F. The number of rotatable bonds is 4. The molecule has 0 bridgehead atoms. The molecule has 0 radical (unpaired) electrons. The number of ether oxygens (including phenoxy) is 1. The molecule has 6 aromatic rings. The highest BCUT2D eigenvalue weighted by Crippen LogP contribution is 2.24.